The highest BCUT2D eigenvalue weighted by Crippen LogP contribution is 2.33. The maximum Gasteiger partial charge on any atom is 0.328 e. The van der Waals surface area contributed by atoms with E-state index in [0.717, 1.165) is 29.3 Å². The van der Waals surface area contributed by atoms with Gasteiger partial charge in [-0.25, -0.2) is 4.79 Å². The molecule has 1 saturated carbocycles. The number of pyridine rings is 1. The van der Waals surface area contributed by atoms with Crippen molar-refractivity contribution in [2.45, 2.75) is 25.4 Å². The van der Waals surface area contributed by atoms with Gasteiger partial charge in [-0.15, -0.1) is 0 Å². The molecule has 1 fully saturated rings. The molecule has 0 saturated heterocycles. The summed E-state index contributed by atoms with van der Waals surface area (Å²) in [6, 6.07) is 10.5. The van der Waals surface area contributed by atoms with Gasteiger partial charge >= 0.3 is 5.69 Å². The Labute approximate surface area is 116 Å². The van der Waals surface area contributed by atoms with Crippen LogP contribution < -0.4 is 5.69 Å². The van der Waals surface area contributed by atoms with Crippen LogP contribution in [0.2, 0.25) is 0 Å². The van der Waals surface area contributed by atoms with Gasteiger partial charge in [-0.3, -0.25) is 14.1 Å². The highest BCUT2D eigenvalue weighted by atomic mass is 16.1. The van der Waals surface area contributed by atoms with Crippen LogP contribution in [0.4, 0.5) is 0 Å². The molecule has 0 bridgehead atoms. The average molecular weight is 265 g/mol. The molecule has 2 heterocycles. The molecule has 3 aromatic rings. The molecule has 2 aromatic heterocycles. The fourth-order valence-corrected chi connectivity index (χ4v) is 2.66. The zero-order chi connectivity index (χ0) is 13.5. The van der Waals surface area contributed by atoms with E-state index in [-0.39, 0.29) is 5.69 Å². The Balaban J connectivity index is 1.76. The van der Waals surface area contributed by atoms with Crippen molar-refractivity contribution in [2.24, 2.45) is 0 Å². The van der Waals surface area contributed by atoms with E-state index in [1.54, 1.807) is 10.8 Å². The lowest BCUT2D eigenvalue weighted by atomic mass is 10.1. The normalized spacial score (nSPS) is 14.8. The molecule has 0 N–H and O–H groups in total. The smallest absolute Gasteiger partial charge is 0.296 e. The van der Waals surface area contributed by atoms with E-state index in [1.165, 1.54) is 0 Å². The van der Waals surface area contributed by atoms with E-state index in [0.29, 0.717) is 12.6 Å². The lowest BCUT2D eigenvalue weighted by Gasteiger charge is -2.06. The zero-order valence-corrected chi connectivity index (χ0v) is 11.1. The fraction of sp³-hybridized carbons (Fsp3) is 0.250. The Morgan fingerprint density at radius 3 is 2.85 bits per heavy atom. The fourth-order valence-electron chi connectivity index (χ4n) is 2.66. The highest BCUT2D eigenvalue weighted by molar-refractivity contribution is 5.81. The molecule has 100 valence electrons. The number of nitrogens with zero attached hydrogens (tertiary/aromatic N) is 3. The van der Waals surface area contributed by atoms with Crippen LogP contribution >= 0.6 is 0 Å². The lowest BCUT2D eigenvalue weighted by molar-refractivity contribution is 0.657. The summed E-state index contributed by atoms with van der Waals surface area (Å²) >= 11 is 0. The maximum atomic E-state index is 12.3. The Kier molecular flexibility index (Phi) is 2.49. The minimum absolute atomic E-state index is 0.0911. The number of hydrogen-bond donors (Lipinski definition) is 0. The quantitative estimate of drug-likeness (QED) is 0.730. The molecule has 1 aliphatic carbocycles. The molecule has 4 heteroatoms. The largest absolute Gasteiger partial charge is 0.328 e. The summed E-state index contributed by atoms with van der Waals surface area (Å²) < 4.78 is 3.63. The van der Waals surface area contributed by atoms with Crippen molar-refractivity contribution in [3.63, 3.8) is 0 Å². The molecule has 0 radical (unpaired) electrons. The summed E-state index contributed by atoms with van der Waals surface area (Å²) in [6.07, 6.45) is 7.85. The molecule has 0 unspecified atom stereocenters. The van der Waals surface area contributed by atoms with Gasteiger partial charge in [-0.2, -0.15) is 0 Å². The third kappa shape index (κ3) is 1.84. The standard InChI is InChI=1S/C16H15N3O/c20-16-18(9-10-19(16)13-5-6-13)11-12-7-8-17-15-4-2-1-3-14(12)15/h1-4,7-10,13H,5-6,11H2. The summed E-state index contributed by atoms with van der Waals surface area (Å²) in [4.78, 5) is 16.7. The molecular formula is C16H15N3O. The van der Waals surface area contributed by atoms with Gasteiger partial charge in [-0.05, 0) is 30.5 Å². The predicted octanol–water partition coefficient (Wildman–Crippen LogP) is 2.58. The molecule has 4 nitrogen and oxygen atoms in total. The molecule has 1 aliphatic rings. The first-order valence-corrected chi connectivity index (χ1v) is 6.93. The summed E-state index contributed by atoms with van der Waals surface area (Å²) in [5.74, 6) is 0. The predicted molar refractivity (Wildman–Crippen MR) is 77.8 cm³/mol. The lowest BCUT2D eigenvalue weighted by Crippen LogP contribution is -2.23. The molecular weight excluding hydrogens is 250 g/mol. The summed E-state index contributed by atoms with van der Waals surface area (Å²) in [7, 11) is 0. The molecule has 0 spiro atoms. The highest BCUT2D eigenvalue weighted by Gasteiger charge is 2.25. The molecule has 0 aliphatic heterocycles. The van der Waals surface area contributed by atoms with Crippen LogP contribution in [0.25, 0.3) is 10.9 Å². The first-order chi connectivity index (χ1) is 9.83. The third-order valence-corrected chi connectivity index (χ3v) is 3.89. The van der Waals surface area contributed by atoms with E-state index < -0.39 is 0 Å². The number of hydrogen-bond acceptors (Lipinski definition) is 2. The van der Waals surface area contributed by atoms with Crippen molar-refractivity contribution < 1.29 is 0 Å². The second-order valence-electron chi connectivity index (χ2n) is 5.33. The van der Waals surface area contributed by atoms with Crippen LogP contribution in [0.15, 0.2) is 53.7 Å². The van der Waals surface area contributed by atoms with E-state index in [1.807, 2.05) is 41.2 Å². The van der Waals surface area contributed by atoms with Gasteiger partial charge in [0.15, 0.2) is 0 Å². The van der Waals surface area contributed by atoms with Gasteiger partial charge < -0.3 is 0 Å². The Morgan fingerprint density at radius 1 is 1.15 bits per heavy atom. The Hall–Kier alpha value is -2.36. The van der Waals surface area contributed by atoms with Crippen LogP contribution in [0.5, 0.6) is 0 Å². The minimum Gasteiger partial charge on any atom is -0.296 e. The topological polar surface area (TPSA) is 39.8 Å². The van der Waals surface area contributed by atoms with Crippen LogP contribution in [0, 0.1) is 0 Å². The van der Waals surface area contributed by atoms with Gasteiger partial charge in [0.05, 0.1) is 12.1 Å². The SMILES string of the molecule is O=c1n(Cc2ccnc3ccccc23)ccn1C1CC1. The Morgan fingerprint density at radius 2 is 2.00 bits per heavy atom. The van der Waals surface area contributed by atoms with Crippen LogP contribution in [-0.4, -0.2) is 14.1 Å². The summed E-state index contributed by atoms with van der Waals surface area (Å²) in [5.41, 5.74) is 2.19. The number of para-hydroxylation sites is 1. The van der Waals surface area contributed by atoms with Crippen molar-refractivity contribution in [3.8, 4) is 0 Å². The van der Waals surface area contributed by atoms with Gasteiger partial charge in [0.25, 0.3) is 0 Å². The zero-order valence-electron chi connectivity index (χ0n) is 11.1. The second-order valence-corrected chi connectivity index (χ2v) is 5.33. The molecule has 1 aromatic carbocycles. The van der Waals surface area contributed by atoms with Gasteiger partial charge in [0, 0.05) is 30.0 Å². The number of benzene rings is 1. The van der Waals surface area contributed by atoms with Crippen molar-refractivity contribution >= 4 is 10.9 Å². The third-order valence-electron chi connectivity index (χ3n) is 3.89. The first kappa shape index (κ1) is 11.5. The van der Waals surface area contributed by atoms with Crippen LogP contribution in [0.1, 0.15) is 24.4 Å². The number of aromatic nitrogens is 3. The van der Waals surface area contributed by atoms with E-state index >= 15 is 0 Å². The minimum atomic E-state index is 0.0911. The van der Waals surface area contributed by atoms with Crippen molar-refractivity contribution in [1.82, 2.24) is 14.1 Å². The van der Waals surface area contributed by atoms with E-state index in [4.69, 9.17) is 0 Å². The number of rotatable bonds is 3. The number of imidazole rings is 1. The van der Waals surface area contributed by atoms with Crippen molar-refractivity contribution in [2.75, 3.05) is 0 Å². The molecule has 0 amide bonds. The second kappa shape index (κ2) is 4.34. The Bertz CT molecular complexity index is 822. The summed E-state index contributed by atoms with van der Waals surface area (Å²) in [6.45, 7) is 0.599. The first-order valence-electron chi connectivity index (χ1n) is 6.93. The molecule has 4 rings (SSSR count). The van der Waals surface area contributed by atoms with Crippen molar-refractivity contribution in [1.29, 1.82) is 0 Å². The average Bonchev–Trinajstić information content (AvgIpc) is 3.26. The van der Waals surface area contributed by atoms with E-state index in [9.17, 15) is 4.79 Å². The molecule has 20 heavy (non-hydrogen) atoms. The van der Waals surface area contributed by atoms with Gasteiger partial charge in [-0.1, -0.05) is 18.2 Å². The molecule has 0 atom stereocenters. The summed E-state index contributed by atoms with van der Waals surface area (Å²) in [5, 5.41) is 1.11. The maximum absolute atomic E-state index is 12.3. The van der Waals surface area contributed by atoms with E-state index in [2.05, 4.69) is 11.1 Å². The van der Waals surface area contributed by atoms with Crippen LogP contribution in [-0.2, 0) is 6.54 Å². The van der Waals surface area contributed by atoms with Gasteiger partial charge in [0.1, 0.15) is 0 Å². The number of fused-ring (bicyclic) bond motifs is 1. The van der Waals surface area contributed by atoms with Crippen LogP contribution in [0.3, 0.4) is 0 Å². The van der Waals surface area contributed by atoms with Crippen molar-refractivity contribution in [3.05, 3.63) is 65.0 Å². The monoisotopic (exact) mass is 265 g/mol. The van der Waals surface area contributed by atoms with Gasteiger partial charge in [0.2, 0.25) is 0 Å².